The molecular weight excluding hydrogens is 262 g/mol. The third-order valence-corrected chi connectivity index (χ3v) is 4.32. The topological polar surface area (TPSA) is 40.5 Å². The second-order valence-corrected chi connectivity index (χ2v) is 7.75. The van der Waals surface area contributed by atoms with Gasteiger partial charge in [0, 0.05) is 25.6 Å². The van der Waals surface area contributed by atoms with Gasteiger partial charge in [-0.1, -0.05) is 52.9 Å². The van der Waals surface area contributed by atoms with Crippen LogP contribution in [-0.4, -0.2) is 35.1 Å². The molecule has 0 aromatic rings. The van der Waals surface area contributed by atoms with Crippen LogP contribution >= 0.6 is 0 Å². The molecular formula is C18H35NO2. The molecule has 0 saturated heterocycles. The predicted molar refractivity (Wildman–Crippen MR) is 88.2 cm³/mol. The van der Waals surface area contributed by atoms with Crippen LogP contribution in [0.2, 0.25) is 0 Å². The van der Waals surface area contributed by atoms with Crippen LogP contribution in [-0.2, 0) is 4.79 Å². The average molecular weight is 297 g/mol. The second kappa shape index (κ2) is 9.45. The molecule has 3 heteroatoms. The lowest BCUT2D eigenvalue weighted by Gasteiger charge is -2.36. The van der Waals surface area contributed by atoms with Gasteiger partial charge in [0.05, 0.1) is 0 Å². The summed E-state index contributed by atoms with van der Waals surface area (Å²) < 4.78 is 0. The van der Waals surface area contributed by atoms with E-state index in [4.69, 9.17) is 5.11 Å². The Kier molecular flexibility index (Phi) is 8.31. The minimum absolute atomic E-state index is 0.0703. The highest BCUT2D eigenvalue weighted by atomic mass is 16.2. The molecule has 1 aliphatic carbocycles. The maximum absolute atomic E-state index is 12.7. The van der Waals surface area contributed by atoms with E-state index in [0.29, 0.717) is 18.4 Å². The third kappa shape index (κ3) is 7.85. The number of aliphatic hydroxyl groups is 1. The van der Waals surface area contributed by atoms with Crippen LogP contribution in [0.25, 0.3) is 0 Å². The van der Waals surface area contributed by atoms with Crippen LogP contribution in [0.5, 0.6) is 0 Å². The number of aliphatic hydroxyl groups excluding tert-OH is 1. The average Bonchev–Trinajstić information content (AvgIpc) is 2.41. The van der Waals surface area contributed by atoms with Gasteiger partial charge in [-0.2, -0.15) is 0 Å². The van der Waals surface area contributed by atoms with E-state index in [-0.39, 0.29) is 12.0 Å². The lowest BCUT2D eigenvalue weighted by molar-refractivity contribution is -0.136. The normalized spacial score (nSPS) is 17.0. The first-order chi connectivity index (χ1) is 9.94. The summed E-state index contributed by atoms with van der Waals surface area (Å²) in [7, 11) is 0. The van der Waals surface area contributed by atoms with Crippen molar-refractivity contribution in [2.24, 2.45) is 5.41 Å². The molecule has 0 aromatic heterocycles. The van der Waals surface area contributed by atoms with E-state index in [1.165, 1.54) is 32.1 Å². The highest BCUT2D eigenvalue weighted by molar-refractivity contribution is 5.77. The van der Waals surface area contributed by atoms with Crippen molar-refractivity contribution in [3.05, 3.63) is 0 Å². The number of hydrogen-bond acceptors (Lipinski definition) is 2. The number of carbonyl (C=O) groups excluding carboxylic acids is 1. The van der Waals surface area contributed by atoms with Gasteiger partial charge in [0.25, 0.3) is 0 Å². The molecule has 0 spiro atoms. The van der Waals surface area contributed by atoms with Crippen molar-refractivity contribution in [3.8, 4) is 0 Å². The Hall–Kier alpha value is -0.570. The lowest BCUT2D eigenvalue weighted by atomic mass is 9.89. The summed E-state index contributed by atoms with van der Waals surface area (Å²) in [6, 6.07) is 0.478. The van der Waals surface area contributed by atoms with Crippen molar-refractivity contribution >= 4 is 5.91 Å². The van der Waals surface area contributed by atoms with Crippen LogP contribution in [0.15, 0.2) is 0 Å². The standard InChI is InChI=1S/C18H35NO2/c1-18(2,3)15-17(21)19(13-9-4-5-10-14-20)16-11-7-6-8-12-16/h16,20H,4-15H2,1-3H3. The molecule has 1 amide bonds. The van der Waals surface area contributed by atoms with E-state index in [1.807, 2.05) is 0 Å². The van der Waals surface area contributed by atoms with Gasteiger partial charge in [-0.25, -0.2) is 0 Å². The molecule has 21 heavy (non-hydrogen) atoms. The minimum atomic E-state index is 0.0703. The van der Waals surface area contributed by atoms with Gasteiger partial charge in [-0.05, 0) is 31.1 Å². The van der Waals surface area contributed by atoms with Gasteiger partial charge in [0.2, 0.25) is 5.91 Å². The number of carbonyl (C=O) groups is 1. The summed E-state index contributed by atoms with van der Waals surface area (Å²) in [5, 5.41) is 8.83. The Bertz CT molecular complexity index is 290. The van der Waals surface area contributed by atoms with Crippen molar-refractivity contribution in [3.63, 3.8) is 0 Å². The molecule has 0 unspecified atom stereocenters. The molecule has 1 saturated carbocycles. The lowest BCUT2D eigenvalue weighted by Crippen LogP contribution is -2.43. The Labute approximate surface area is 131 Å². The van der Waals surface area contributed by atoms with Gasteiger partial charge in [-0.3, -0.25) is 4.79 Å². The molecule has 1 fully saturated rings. The van der Waals surface area contributed by atoms with Crippen LogP contribution in [0, 0.1) is 5.41 Å². The highest BCUT2D eigenvalue weighted by Crippen LogP contribution is 2.26. The Morgan fingerprint density at radius 1 is 1.05 bits per heavy atom. The van der Waals surface area contributed by atoms with E-state index in [1.54, 1.807) is 0 Å². The predicted octanol–water partition coefficient (Wildman–Crippen LogP) is 4.14. The molecule has 124 valence electrons. The fourth-order valence-electron chi connectivity index (χ4n) is 3.21. The first-order valence-corrected chi connectivity index (χ1v) is 8.84. The monoisotopic (exact) mass is 297 g/mol. The maximum Gasteiger partial charge on any atom is 0.223 e. The number of unbranched alkanes of at least 4 members (excludes halogenated alkanes) is 3. The van der Waals surface area contributed by atoms with Crippen molar-refractivity contribution in [1.82, 2.24) is 4.90 Å². The summed E-state index contributed by atoms with van der Waals surface area (Å²) in [6.45, 7) is 7.63. The molecule has 1 N–H and O–H groups in total. The number of rotatable bonds is 8. The molecule has 1 aliphatic rings. The molecule has 3 nitrogen and oxygen atoms in total. The van der Waals surface area contributed by atoms with Gasteiger partial charge in [0.15, 0.2) is 0 Å². The van der Waals surface area contributed by atoms with Crippen LogP contribution in [0.4, 0.5) is 0 Å². The summed E-state index contributed by atoms with van der Waals surface area (Å²) >= 11 is 0. The fraction of sp³-hybridized carbons (Fsp3) is 0.944. The largest absolute Gasteiger partial charge is 0.396 e. The molecule has 0 atom stereocenters. The summed E-state index contributed by atoms with van der Waals surface area (Å²) in [5.41, 5.74) is 0.0703. The smallest absolute Gasteiger partial charge is 0.223 e. The second-order valence-electron chi connectivity index (χ2n) is 7.75. The van der Waals surface area contributed by atoms with E-state index < -0.39 is 0 Å². The first-order valence-electron chi connectivity index (χ1n) is 8.84. The number of amides is 1. The van der Waals surface area contributed by atoms with E-state index in [0.717, 1.165) is 32.2 Å². The zero-order valence-electron chi connectivity index (χ0n) is 14.4. The fourth-order valence-corrected chi connectivity index (χ4v) is 3.21. The molecule has 0 bridgehead atoms. The van der Waals surface area contributed by atoms with E-state index >= 15 is 0 Å². The van der Waals surface area contributed by atoms with E-state index in [9.17, 15) is 4.79 Å². The van der Waals surface area contributed by atoms with Gasteiger partial charge in [0.1, 0.15) is 0 Å². The van der Waals surface area contributed by atoms with Gasteiger partial charge in [-0.15, -0.1) is 0 Å². The molecule has 1 rings (SSSR count). The number of hydrogen-bond donors (Lipinski definition) is 1. The van der Waals surface area contributed by atoms with Crippen molar-refractivity contribution in [1.29, 1.82) is 0 Å². The minimum Gasteiger partial charge on any atom is -0.396 e. The Balaban J connectivity index is 2.50. The summed E-state index contributed by atoms with van der Waals surface area (Å²) in [6.07, 6.45) is 11.1. The molecule has 0 aromatic carbocycles. The van der Waals surface area contributed by atoms with Crippen LogP contribution < -0.4 is 0 Å². The summed E-state index contributed by atoms with van der Waals surface area (Å²) in [5.74, 6) is 0.344. The zero-order valence-corrected chi connectivity index (χ0v) is 14.4. The Morgan fingerprint density at radius 2 is 1.67 bits per heavy atom. The first kappa shape index (κ1) is 18.5. The van der Waals surface area contributed by atoms with Crippen molar-refractivity contribution in [2.75, 3.05) is 13.2 Å². The molecule has 0 radical (unpaired) electrons. The van der Waals surface area contributed by atoms with Gasteiger partial charge >= 0.3 is 0 Å². The van der Waals surface area contributed by atoms with Crippen molar-refractivity contribution in [2.45, 2.75) is 91.0 Å². The molecule has 0 heterocycles. The highest BCUT2D eigenvalue weighted by Gasteiger charge is 2.27. The van der Waals surface area contributed by atoms with Crippen LogP contribution in [0.3, 0.4) is 0 Å². The quantitative estimate of drug-likeness (QED) is 0.684. The molecule has 0 aliphatic heterocycles. The van der Waals surface area contributed by atoms with Crippen LogP contribution in [0.1, 0.15) is 85.0 Å². The Morgan fingerprint density at radius 3 is 2.24 bits per heavy atom. The maximum atomic E-state index is 12.7. The zero-order chi connectivity index (χ0) is 15.7. The number of nitrogens with zero attached hydrogens (tertiary/aromatic N) is 1. The third-order valence-electron chi connectivity index (χ3n) is 4.32. The van der Waals surface area contributed by atoms with Gasteiger partial charge < -0.3 is 10.0 Å². The summed E-state index contributed by atoms with van der Waals surface area (Å²) in [4.78, 5) is 14.8. The van der Waals surface area contributed by atoms with E-state index in [2.05, 4.69) is 25.7 Å². The SMILES string of the molecule is CC(C)(C)CC(=O)N(CCCCCCO)C1CCCCC1. The van der Waals surface area contributed by atoms with Crippen molar-refractivity contribution < 1.29 is 9.90 Å².